The fraction of sp³-hybridized carbons (Fsp3) is 0.429. The van der Waals surface area contributed by atoms with Gasteiger partial charge in [-0.15, -0.1) is 0 Å². The minimum Gasteiger partial charge on any atom is -0.481 e. The van der Waals surface area contributed by atoms with Gasteiger partial charge in [0.25, 0.3) is 5.69 Å². The normalized spacial score (nSPS) is 17.3. The number of nitrogens with zero attached hydrogens (tertiary/aromatic N) is 2. The molecule has 0 unspecified atom stereocenters. The summed E-state index contributed by atoms with van der Waals surface area (Å²) in [5, 5.41) is 22.8. The third kappa shape index (κ3) is 4.32. The van der Waals surface area contributed by atoms with E-state index >= 15 is 0 Å². The van der Waals surface area contributed by atoms with E-state index in [1.807, 2.05) is 0 Å². The highest BCUT2D eigenvalue weighted by Crippen LogP contribution is 2.26. The van der Waals surface area contributed by atoms with Crippen molar-refractivity contribution in [1.29, 1.82) is 0 Å². The van der Waals surface area contributed by atoms with Gasteiger partial charge in [-0.25, -0.2) is 0 Å². The molecule has 1 aromatic carbocycles. The number of aliphatic carboxylic acids is 1. The number of halogens is 1. The number of hydrogen-bond acceptors (Lipinski definition) is 5. The average Bonchev–Trinajstić information content (AvgIpc) is 2.86. The minimum atomic E-state index is -0.948. The Morgan fingerprint density at radius 1 is 1.52 bits per heavy atom. The van der Waals surface area contributed by atoms with Crippen molar-refractivity contribution in [2.75, 3.05) is 25.0 Å². The standard InChI is InChI=1S/C14H16ClN3O5/c15-11-7-10(18(22)23)2-3-12(11)16-4-1-5-17-8-9(14(20)21)6-13(17)19/h2-3,7,9,16H,1,4-6,8H2,(H,20,21)/t9-/m0/s1. The molecular formula is C14H16ClN3O5. The van der Waals surface area contributed by atoms with Crippen molar-refractivity contribution < 1.29 is 19.6 Å². The van der Waals surface area contributed by atoms with Crippen LogP contribution in [0.5, 0.6) is 0 Å². The molecule has 124 valence electrons. The van der Waals surface area contributed by atoms with Gasteiger partial charge in [-0.05, 0) is 12.5 Å². The highest BCUT2D eigenvalue weighted by atomic mass is 35.5. The number of non-ortho nitro benzene ring substituents is 1. The summed E-state index contributed by atoms with van der Waals surface area (Å²) in [4.78, 5) is 34.2. The molecule has 0 aromatic heterocycles. The largest absolute Gasteiger partial charge is 0.481 e. The van der Waals surface area contributed by atoms with E-state index in [4.69, 9.17) is 16.7 Å². The van der Waals surface area contributed by atoms with Crippen LogP contribution in [0.2, 0.25) is 5.02 Å². The molecule has 1 atom stereocenters. The number of carbonyl (C=O) groups is 2. The molecule has 0 aliphatic carbocycles. The molecule has 2 rings (SSSR count). The van der Waals surface area contributed by atoms with Crippen LogP contribution in [0, 0.1) is 16.0 Å². The van der Waals surface area contributed by atoms with Crippen LogP contribution in [0.1, 0.15) is 12.8 Å². The third-order valence-electron chi connectivity index (χ3n) is 3.65. The summed E-state index contributed by atoms with van der Waals surface area (Å²) < 4.78 is 0. The summed E-state index contributed by atoms with van der Waals surface area (Å²) in [5.74, 6) is -1.72. The first-order valence-corrected chi connectivity index (χ1v) is 7.44. The number of nitrogens with one attached hydrogen (secondary N) is 1. The third-order valence-corrected chi connectivity index (χ3v) is 3.96. The summed E-state index contributed by atoms with van der Waals surface area (Å²) in [6, 6.07) is 4.16. The molecule has 1 heterocycles. The SMILES string of the molecule is O=C(O)[C@H]1CC(=O)N(CCCNc2ccc([N+](=O)[O-])cc2Cl)C1. The maximum atomic E-state index is 11.7. The molecule has 0 bridgehead atoms. The number of amides is 1. The van der Waals surface area contributed by atoms with E-state index in [9.17, 15) is 19.7 Å². The van der Waals surface area contributed by atoms with Crippen LogP contribution < -0.4 is 5.32 Å². The van der Waals surface area contributed by atoms with E-state index in [0.29, 0.717) is 25.2 Å². The van der Waals surface area contributed by atoms with Gasteiger partial charge in [-0.1, -0.05) is 11.6 Å². The van der Waals surface area contributed by atoms with Gasteiger partial charge in [0.15, 0.2) is 0 Å². The zero-order chi connectivity index (χ0) is 17.0. The number of nitro groups is 1. The number of carboxylic acids is 1. The van der Waals surface area contributed by atoms with Crippen molar-refractivity contribution in [2.45, 2.75) is 12.8 Å². The lowest BCUT2D eigenvalue weighted by Crippen LogP contribution is -2.28. The van der Waals surface area contributed by atoms with Gasteiger partial charge in [0.05, 0.1) is 21.6 Å². The molecule has 1 saturated heterocycles. The molecule has 23 heavy (non-hydrogen) atoms. The predicted molar refractivity (Wildman–Crippen MR) is 83.5 cm³/mol. The Morgan fingerprint density at radius 2 is 2.26 bits per heavy atom. The topological polar surface area (TPSA) is 113 Å². The number of hydrogen-bond donors (Lipinski definition) is 2. The molecule has 1 aliphatic heterocycles. The lowest BCUT2D eigenvalue weighted by Gasteiger charge is -2.16. The molecule has 9 heteroatoms. The lowest BCUT2D eigenvalue weighted by molar-refractivity contribution is -0.384. The number of carboxylic acid groups (broad SMARTS) is 1. The maximum absolute atomic E-state index is 11.7. The Labute approximate surface area is 137 Å². The summed E-state index contributed by atoms with van der Waals surface area (Å²) in [6.45, 7) is 1.21. The second-order valence-electron chi connectivity index (χ2n) is 5.28. The van der Waals surface area contributed by atoms with Gasteiger partial charge in [-0.2, -0.15) is 0 Å². The zero-order valence-corrected chi connectivity index (χ0v) is 13.0. The van der Waals surface area contributed by atoms with Gasteiger partial charge >= 0.3 is 5.97 Å². The molecule has 2 N–H and O–H groups in total. The molecule has 1 fully saturated rings. The molecule has 1 aromatic rings. The number of benzene rings is 1. The monoisotopic (exact) mass is 341 g/mol. The first kappa shape index (κ1) is 17.0. The van der Waals surface area contributed by atoms with E-state index in [1.165, 1.54) is 23.1 Å². The summed E-state index contributed by atoms with van der Waals surface area (Å²) in [7, 11) is 0. The predicted octanol–water partition coefficient (Wildman–Crippen LogP) is 1.98. The smallest absolute Gasteiger partial charge is 0.308 e. The Bertz CT molecular complexity index is 637. The van der Waals surface area contributed by atoms with Gasteiger partial charge in [-0.3, -0.25) is 19.7 Å². The second kappa shape index (κ2) is 7.28. The maximum Gasteiger partial charge on any atom is 0.308 e. The number of nitro benzene ring substituents is 1. The number of anilines is 1. The number of rotatable bonds is 7. The van der Waals surface area contributed by atoms with Crippen LogP contribution >= 0.6 is 11.6 Å². The van der Waals surface area contributed by atoms with Crippen LogP contribution in [0.4, 0.5) is 11.4 Å². The van der Waals surface area contributed by atoms with E-state index in [0.717, 1.165) is 0 Å². The molecule has 0 radical (unpaired) electrons. The minimum absolute atomic E-state index is 0.0525. The van der Waals surface area contributed by atoms with E-state index in [1.54, 1.807) is 0 Å². The van der Waals surface area contributed by atoms with Crippen molar-refractivity contribution >= 4 is 34.9 Å². The number of carbonyl (C=O) groups excluding carboxylic acids is 1. The summed E-state index contributed by atoms with van der Waals surface area (Å²) in [6.07, 6.45) is 0.669. The van der Waals surface area contributed by atoms with E-state index < -0.39 is 16.8 Å². The van der Waals surface area contributed by atoms with Crippen LogP contribution in [0.15, 0.2) is 18.2 Å². The first-order valence-electron chi connectivity index (χ1n) is 7.07. The highest BCUT2D eigenvalue weighted by Gasteiger charge is 2.33. The Morgan fingerprint density at radius 3 is 2.83 bits per heavy atom. The Balaban J connectivity index is 1.79. The molecule has 1 aliphatic rings. The van der Waals surface area contributed by atoms with Gasteiger partial charge in [0.1, 0.15) is 0 Å². The fourth-order valence-corrected chi connectivity index (χ4v) is 2.65. The van der Waals surface area contributed by atoms with Crippen molar-refractivity contribution in [3.63, 3.8) is 0 Å². The average molecular weight is 342 g/mol. The van der Waals surface area contributed by atoms with Crippen LogP contribution in [0.3, 0.4) is 0 Å². The quantitative estimate of drug-likeness (QED) is 0.445. The summed E-state index contributed by atoms with van der Waals surface area (Å²) in [5.41, 5.74) is 0.497. The highest BCUT2D eigenvalue weighted by molar-refractivity contribution is 6.33. The Kier molecular flexibility index (Phi) is 5.38. The van der Waals surface area contributed by atoms with Gasteiger partial charge in [0.2, 0.25) is 5.91 Å². The molecular weight excluding hydrogens is 326 g/mol. The van der Waals surface area contributed by atoms with Crippen LogP contribution in [-0.4, -0.2) is 46.4 Å². The summed E-state index contributed by atoms with van der Waals surface area (Å²) >= 11 is 5.96. The van der Waals surface area contributed by atoms with Crippen molar-refractivity contribution in [1.82, 2.24) is 4.90 Å². The van der Waals surface area contributed by atoms with Crippen molar-refractivity contribution in [3.05, 3.63) is 33.3 Å². The first-order chi connectivity index (χ1) is 10.9. The van der Waals surface area contributed by atoms with Crippen LogP contribution in [0.25, 0.3) is 0 Å². The second-order valence-corrected chi connectivity index (χ2v) is 5.69. The molecule has 0 saturated carbocycles. The van der Waals surface area contributed by atoms with E-state index in [-0.39, 0.29) is 29.6 Å². The van der Waals surface area contributed by atoms with Crippen molar-refractivity contribution in [2.24, 2.45) is 5.92 Å². The molecule has 8 nitrogen and oxygen atoms in total. The molecule has 0 spiro atoms. The van der Waals surface area contributed by atoms with Gasteiger partial charge < -0.3 is 15.3 Å². The number of likely N-dealkylation sites (tertiary alicyclic amines) is 1. The van der Waals surface area contributed by atoms with Crippen LogP contribution in [-0.2, 0) is 9.59 Å². The lowest BCUT2D eigenvalue weighted by atomic mass is 10.1. The fourth-order valence-electron chi connectivity index (χ4n) is 2.41. The van der Waals surface area contributed by atoms with E-state index in [2.05, 4.69) is 5.32 Å². The zero-order valence-electron chi connectivity index (χ0n) is 12.2. The molecule has 1 amide bonds. The van der Waals surface area contributed by atoms with Crippen molar-refractivity contribution in [3.8, 4) is 0 Å². The van der Waals surface area contributed by atoms with Gasteiger partial charge in [0, 0.05) is 38.2 Å². The Hall–Kier alpha value is -2.35.